The largest absolute Gasteiger partial charge is 0.384 e. The molecule has 2 aliphatic rings. The maximum Gasteiger partial charge on any atom is 0.105 e. The van der Waals surface area contributed by atoms with Crippen LogP contribution >= 0.6 is 0 Å². The maximum absolute atomic E-state index is 10.5. The van der Waals surface area contributed by atoms with E-state index in [-0.39, 0.29) is 0 Å². The third-order valence-corrected chi connectivity index (χ3v) is 4.17. The van der Waals surface area contributed by atoms with Crippen molar-refractivity contribution in [1.82, 2.24) is 0 Å². The van der Waals surface area contributed by atoms with Crippen molar-refractivity contribution in [2.45, 2.75) is 24.4 Å². The lowest BCUT2D eigenvalue weighted by Gasteiger charge is -2.15. The summed E-state index contributed by atoms with van der Waals surface area (Å²) in [6.45, 7) is 0. The van der Waals surface area contributed by atoms with Gasteiger partial charge in [0, 0.05) is 0 Å². The smallest absolute Gasteiger partial charge is 0.105 e. The van der Waals surface area contributed by atoms with E-state index >= 15 is 0 Å². The first kappa shape index (κ1) is 9.43. The van der Waals surface area contributed by atoms with E-state index in [1.165, 1.54) is 17.5 Å². The maximum atomic E-state index is 10.5. The third-order valence-electron chi connectivity index (χ3n) is 4.17. The Morgan fingerprint density at radius 3 is 1.59 bits per heavy atom. The Morgan fingerprint density at radius 1 is 0.706 bits per heavy atom. The third kappa shape index (κ3) is 1.23. The van der Waals surface area contributed by atoms with E-state index in [2.05, 4.69) is 36.4 Å². The predicted octanol–water partition coefficient (Wildman–Crippen LogP) is 3.35. The van der Waals surface area contributed by atoms with Crippen molar-refractivity contribution < 1.29 is 5.11 Å². The van der Waals surface area contributed by atoms with E-state index in [9.17, 15) is 5.11 Å². The van der Waals surface area contributed by atoms with Crippen LogP contribution in [-0.4, -0.2) is 5.11 Å². The highest BCUT2D eigenvalue weighted by atomic mass is 16.3. The van der Waals surface area contributed by atoms with Gasteiger partial charge in [-0.3, -0.25) is 0 Å². The Balaban J connectivity index is 1.99. The second-order valence-electron chi connectivity index (χ2n) is 5.11. The number of fused-ring (bicyclic) bond motifs is 5. The van der Waals surface area contributed by atoms with Crippen molar-refractivity contribution in [3.8, 4) is 0 Å². The molecular weight excluding hydrogens is 208 g/mol. The standard InChI is InChI=1S/C16H14O/c17-16-12-7-3-1-5-10(12)14-9-15(14)11-6-2-4-8-13(11)16/h1-8,14-17H,9H2/t14-,15-/m0/s1. The zero-order chi connectivity index (χ0) is 11.4. The average Bonchev–Trinajstić information content (AvgIpc) is 3.18. The lowest BCUT2D eigenvalue weighted by molar-refractivity contribution is 0.219. The lowest BCUT2D eigenvalue weighted by Crippen LogP contribution is -2.03. The summed E-state index contributed by atoms with van der Waals surface area (Å²) in [4.78, 5) is 0. The van der Waals surface area contributed by atoms with Gasteiger partial charge in [0.05, 0.1) is 0 Å². The molecular formula is C16H14O. The quantitative estimate of drug-likeness (QED) is 0.724. The van der Waals surface area contributed by atoms with Crippen LogP contribution in [0.1, 0.15) is 46.6 Å². The fraction of sp³-hybridized carbons (Fsp3) is 0.250. The Hall–Kier alpha value is -1.60. The molecule has 1 N–H and O–H groups in total. The zero-order valence-electron chi connectivity index (χ0n) is 9.51. The molecule has 0 aromatic heterocycles. The molecule has 2 aromatic rings. The van der Waals surface area contributed by atoms with Crippen molar-refractivity contribution in [1.29, 1.82) is 0 Å². The summed E-state index contributed by atoms with van der Waals surface area (Å²) in [5, 5.41) is 10.5. The normalized spacial score (nSPS) is 25.5. The van der Waals surface area contributed by atoms with Crippen molar-refractivity contribution >= 4 is 0 Å². The monoisotopic (exact) mass is 222 g/mol. The topological polar surface area (TPSA) is 20.2 Å². The Bertz CT molecular complexity index is 536. The van der Waals surface area contributed by atoms with Gasteiger partial charge in [-0.1, -0.05) is 48.5 Å². The van der Waals surface area contributed by atoms with E-state index in [1.54, 1.807) is 0 Å². The molecule has 0 saturated heterocycles. The molecule has 0 heterocycles. The summed E-state index contributed by atoms with van der Waals surface area (Å²) >= 11 is 0. The molecule has 0 bridgehead atoms. The van der Waals surface area contributed by atoms with Crippen molar-refractivity contribution in [2.75, 3.05) is 0 Å². The zero-order valence-corrected chi connectivity index (χ0v) is 9.51. The molecule has 2 aliphatic carbocycles. The van der Waals surface area contributed by atoms with Crippen LogP contribution in [0.15, 0.2) is 48.5 Å². The molecule has 0 unspecified atom stereocenters. The number of rotatable bonds is 0. The molecule has 1 fully saturated rings. The lowest BCUT2D eigenvalue weighted by atomic mass is 9.95. The first-order chi connectivity index (χ1) is 8.36. The molecule has 4 rings (SSSR count). The van der Waals surface area contributed by atoms with Crippen LogP contribution in [0.4, 0.5) is 0 Å². The van der Waals surface area contributed by atoms with Crippen LogP contribution in [0.2, 0.25) is 0 Å². The second kappa shape index (κ2) is 3.21. The van der Waals surface area contributed by atoms with Gasteiger partial charge in [-0.05, 0) is 40.5 Å². The average molecular weight is 222 g/mol. The predicted molar refractivity (Wildman–Crippen MR) is 67.0 cm³/mol. The molecule has 1 nitrogen and oxygen atoms in total. The second-order valence-corrected chi connectivity index (χ2v) is 5.11. The minimum Gasteiger partial charge on any atom is -0.384 e. The summed E-state index contributed by atoms with van der Waals surface area (Å²) in [6.07, 6.45) is 0.788. The SMILES string of the molecule is OC1c2ccccc2[C@@H]2C[C@H]2c2ccccc21. The van der Waals surface area contributed by atoms with Crippen molar-refractivity contribution in [2.24, 2.45) is 0 Å². The molecule has 0 aliphatic heterocycles. The van der Waals surface area contributed by atoms with Crippen molar-refractivity contribution in [3.05, 3.63) is 70.8 Å². The van der Waals surface area contributed by atoms with Crippen molar-refractivity contribution in [3.63, 3.8) is 0 Å². The van der Waals surface area contributed by atoms with Crippen LogP contribution in [-0.2, 0) is 0 Å². The molecule has 2 aromatic carbocycles. The molecule has 84 valence electrons. The van der Waals surface area contributed by atoms with E-state index in [1.807, 2.05) is 12.1 Å². The van der Waals surface area contributed by atoms with Gasteiger partial charge >= 0.3 is 0 Å². The summed E-state index contributed by atoms with van der Waals surface area (Å²) in [5.74, 6) is 1.26. The number of aliphatic hydroxyl groups is 1. The number of aliphatic hydroxyl groups excluding tert-OH is 1. The van der Waals surface area contributed by atoms with Gasteiger partial charge in [0.2, 0.25) is 0 Å². The number of hydrogen-bond donors (Lipinski definition) is 1. The van der Waals surface area contributed by atoms with E-state index < -0.39 is 6.10 Å². The van der Waals surface area contributed by atoms with Gasteiger partial charge in [0.25, 0.3) is 0 Å². The highest BCUT2D eigenvalue weighted by molar-refractivity contribution is 5.51. The molecule has 0 amide bonds. The van der Waals surface area contributed by atoms with Crippen LogP contribution in [0.5, 0.6) is 0 Å². The summed E-state index contributed by atoms with van der Waals surface area (Å²) < 4.78 is 0. The van der Waals surface area contributed by atoms with Crippen LogP contribution in [0, 0.1) is 0 Å². The fourth-order valence-corrected chi connectivity index (χ4v) is 3.25. The summed E-state index contributed by atoms with van der Waals surface area (Å²) in [5.41, 5.74) is 4.90. The number of benzene rings is 2. The minimum atomic E-state index is -0.449. The highest BCUT2D eigenvalue weighted by Gasteiger charge is 2.45. The van der Waals surface area contributed by atoms with Crippen LogP contribution in [0.25, 0.3) is 0 Å². The van der Waals surface area contributed by atoms with Gasteiger partial charge in [-0.15, -0.1) is 0 Å². The molecule has 17 heavy (non-hydrogen) atoms. The van der Waals surface area contributed by atoms with Crippen LogP contribution < -0.4 is 0 Å². The minimum absolute atomic E-state index is 0.449. The Labute approximate surface area is 101 Å². The summed E-state index contributed by atoms with van der Waals surface area (Å²) in [6, 6.07) is 16.7. The summed E-state index contributed by atoms with van der Waals surface area (Å²) in [7, 11) is 0. The van der Waals surface area contributed by atoms with Gasteiger partial charge in [0.15, 0.2) is 0 Å². The molecule has 2 atom stereocenters. The Morgan fingerprint density at radius 2 is 1.12 bits per heavy atom. The first-order valence-electron chi connectivity index (χ1n) is 6.22. The molecule has 0 spiro atoms. The molecule has 1 saturated carbocycles. The van der Waals surface area contributed by atoms with E-state index in [4.69, 9.17) is 0 Å². The number of hydrogen-bond acceptors (Lipinski definition) is 1. The van der Waals surface area contributed by atoms with Gasteiger partial charge in [-0.2, -0.15) is 0 Å². The van der Waals surface area contributed by atoms with Gasteiger partial charge < -0.3 is 5.11 Å². The van der Waals surface area contributed by atoms with Gasteiger partial charge in [-0.25, -0.2) is 0 Å². The highest BCUT2D eigenvalue weighted by Crippen LogP contribution is 2.59. The van der Waals surface area contributed by atoms with Crippen LogP contribution in [0.3, 0.4) is 0 Å². The first-order valence-corrected chi connectivity index (χ1v) is 6.22. The molecule has 1 heteroatoms. The fourth-order valence-electron chi connectivity index (χ4n) is 3.25. The van der Waals surface area contributed by atoms with E-state index in [0.29, 0.717) is 11.8 Å². The van der Waals surface area contributed by atoms with E-state index in [0.717, 1.165) is 11.1 Å². The Kier molecular flexibility index (Phi) is 1.78. The van der Waals surface area contributed by atoms with Gasteiger partial charge in [0.1, 0.15) is 6.10 Å². The molecule has 0 radical (unpaired) electrons.